The smallest absolute Gasteiger partial charge is 0.262 e. The number of carbonyl (C=O) groups excluding carboxylic acids is 1. The highest BCUT2D eigenvalue weighted by Crippen LogP contribution is 2.21. The molecule has 0 heterocycles. The van der Waals surface area contributed by atoms with Crippen molar-refractivity contribution in [2.75, 3.05) is 23.8 Å². The molecule has 0 aliphatic rings. The van der Waals surface area contributed by atoms with E-state index in [1.807, 2.05) is 32.0 Å². The van der Waals surface area contributed by atoms with E-state index in [4.69, 9.17) is 9.47 Å². The van der Waals surface area contributed by atoms with Crippen LogP contribution in [0.1, 0.15) is 11.1 Å². The second-order valence-corrected chi connectivity index (χ2v) is 8.65. The predicted molar refractivity (Wildman–Crippen MR) is 120 cm³/mol. The maximum Gasteiger partial charge on any atom is 0.262 e. The molecule has 0 bridgehead atoms. The predicted octanol–water partition coefficient (Wildman–Crippen LogP) is 4.13. The van der Waals surface area contributed by atoms with E-state index in [1.165, 1.54) is 31.4 Å². The van der Waals surface area contributed by atoms with Gasteiger partial charge < -0.3 is 14.8 Å². The zero-order chi connectivity index (χ0) is 22.4. The second-order valence-electron chi connectivity index (χ2n) is 6.96. The number of benzene rings is 3. The van der Waals surface area contributed by atoms with Gasteiger partial charge in [0, 0.05) is 11.4 Å². The third-order valence-corrected chi connectivity index (χ3v) is 5.88. The summed E-state index contributed by atoms with van der Waals surface area (Å²) >= 11 is 0. The van der Waals surface area contributed by atoms with E-state index in [0.717, 1.165) is 11.1 Å². The molecule has 0 saturated heterocycles. The fourth-order valence-electron chi connectivity index (χ4n) is 2.89. The van der Waals surface area contributed by atoms with Gasteiger partial charge >= 0.3 is 0 Å². The first-order chi connectivity index (χ1) is 14.8. The Labute approximate surface area is 182 Å². The fourth-order valence-corrected chi connectivity index (χ4v) is 3.95. The Morgan fingerprint density at radius 2 is 1.55 bits per heavy atom. The number of rotatable bonds is 8. The molecule has 0 unspecified atom stereocenters. The van der Waals surface area contributed by atoms with Crippen molar-refractivity contribution in [3.63, 3.8) is 0 Å². The van der Waals surface area contributed by atoms with E-state index >= 15 is 0 Å². The lowest BCUT2D eigenvalue weighted by atomic mass is 10.1. The van der Waals surface area contributed by atoms with Gasteiger partial charge in [-0.2, -0.15) is 0 Å². The maximum absolute atomic E-state index is 12.6. The number of anilines is 2. The highest BCUT2D eigenvalue weighted by molar-refractivity contribution is 7.92. The van der Waals surface area contributed by atoms with Crippen LogP contribution in [0.2, 0.25) is 0 Å². The van der Waals surface area contributed by atoms with Gasteiger partial charge in [-0.25, -0.2) is 8.42 Å². The molecule has 1 amide bonds. The van der Waals surface area contributed by atoms with Gasteiger partial charge in [0.2, 0.25) is 0 Å². The molecule has 2 N–H and O–H groups in total. The summed E-state index contributed by atoms with van der Waals surface area (Å²) in [5, 5.41) is 2.69. The summed E-state index contributed by atoms with van der Waals surface area (Å²) in [5.74, 6) is 0.934. The lowest BCUT2D eigenvalue weighted by Crippen LogP contribution is -2.20. The Morgan fingerprint density at radius 3 is 2.16 bits per heavy atom. The number of carbonyl (C=O) groups is 1. The first kappa shape index (κ1) is 22.2. The zero-order valence-electron chi connectivity index (χ0n) is 17.5. The molecule has 7 nitrogen and oxygen atoms in total. The van der Waals surface area contributed by atoms with Crippen LogP contribution in [-0.2, 0) is 14.8 Å². The minimum absolute atomic E-state index is 0.0767. The van der Waals surface area contributed by atoms with Gasteiger partial charge in [0.15, 0.2) is 6.61 Å². The average molecular weight is 441 g/mol. The zero-order valence-corrected chi connectivity index (χ0v) is 18.3. The molecule has 3 rings (SSSR count). The molecular formula is C23H24N2O5S. The lowest BCUT2D eigenvalue weighted by molar-refractivity contribution is -0.118. The van der Waals surface area contributed by atoms with E-state index in [0.29, 0.717) is 22.9 Å². The molecular weight excluding hydrogens is 416 g/mol. The number of nitrogens with one attached hydrogen (secondary N) is 2. The Hall–Kier alpha value is -3.52. The van der Waals surface area contributed by atoms with Crippen LogP contribution in [0.15, 0.2) is 71.6 Å². The van der Waals surface area contributed by atoms with Gasteiger partial charge in [0.05, 0.1) is 12.0 Å². The lowest BCUT2D eigenvalue weighted by Gasteiger charge is -2.11. The quantitative estimate of drug-likeness (QED) is 0.549. The van der Waals surface area contributed by atoms with Crippen molar-refractivity contribution in [3.8, 4) is 11.5 Å². The third-order valence-electron chi connectivity index (χ3n) is 4.48. The van der Waals surface area contributed by atoms with E-state index < -0.39 is 10.0 Å². The van der Waals surface area contributed by atoms with Crippen molar-refractivity contribution in [2.45, 2.75) is 18.7 Å². The summed E-state index contributed by atoms with van der Waals surface area (Å²) in [4.78, 5) is 12.2. The topological polar surface area (TPSA) is 93.7 Å². The largest absolute Gasteiger partial charge is 0.497 e. The van der Waals surface area contributed by atoms with Crippen molar-refractivity contribution in [1.29, 1.82) is 0 Å². The Kier molecular flexibility index (Phi) is 6.81. The van der Waals surface area contributed by atoms with E-state index in [2.05, 4.69) is 10.0 Å². The highest BCUT2D eigenvalue weighted by atomic mass is 32.2. The first-order valence-corrected chi connectivity index (χ1v) is 11.0. The van der Waals surface area contributed by atoms with Crippen molar-refractivity contribution in [2.24, 2.45) is 0 Å². The van der Waals surface area contributed by atoms with E-state index in [-0.39, 0.29) is 17.4 Å². The van der Waals surface area contributed by atoms with Gasteiger partial charge in [-0.15, -0.1) is 0 Å². The number of hydrogen-bond acceptors (Lipinski definition) is 5. The number of ether oxygens (including phenoxy) is 2. The Bertz CT molecular complexity index is 1160. The molecule has 0 fully saturated rings. The van der Waals surface area contributed by atoms with Gasteiger partial charge in [-0.3, -0.25) is 9.52 Å². The van der Waals surface area contributed by atoms with Crippen LogP contribution in [0.3, 0.4) is 0 Å². The molecule has 8 heteroatoms. The second kappa shape index (κ2) is 9.53. The molecule has 0 aliphatic heterocycles. The van der Waals surface area contributed by atoms with Crippen LogP contribution < -0.4 is 19.5 Å². The average Bonchev–Trinajstić information content (AvgIpc) is 2.74. The van der Waals surface area contributed by atoms with Crippen molar-refractivity contribution in [3.05, 3.63) is 77.9 Å². The third kappa shape index (κ3) is 5.99. The molecule has 31 heavy (non-hydrogen) atoms. The van der Waals surface area contributed by atoms with Crippen molar-refractivity contribution >= 4 is 27.3 Å². The highest BCUT2D eigenvalue weighted by Gasteiger charge is 2.14. The molecule has 162 valence electrons. The summed E-state index contributed by atoms with van der Waals surface area (Å²) in [5.41, 5.74) is 2.96. The van der Waals surface area contributed by atoms with Crippen molar-refractivity contribution in [1.82, 2.24) is 0 Å². The molecule has 0 atom stereocenters. The summed E-state index contributed by atoms with van der Waals surface area (Å²) in [6.45, 7) is 3.75. The van der Waals surface area contributed by atoms with Gasteiger partial charge in [0.1, 0.15) is 11.5 Å². The summed E-state index contributed by atoms with van der Waals surface area (Å²) in [7, 11) is -2.22. The molecule has 0 aliphatic carbocycles. The Balaban J connectivity index is 1.58. The first-order valence-electron chi connectivity index (χ1n) is 9.54. The van der Waals surface area contributed by atoms with Crippen LogP contribution in [0.4, 0.5) is 11.4 Å². The van der Waals surface area contributed by atoms with Crippen LogP contribution in [0, 0.1) is 13.8 Å². The monoisotopic (exact) mass is 440 g/mol. The fraction of sp³-hybridized carbons (Fsp3) is 0.174. The summed E-state index contributed by atoms with van der Waals surface area (Å²) < 4.78 is 38.2. The number of sulfonamides is 1. The Morgan fingerprint density at radius 1 is 0.903 bits per heavy atom. The summed E-state index contributed by atoms with van der Waals surface area (Å²) in [6, 6.07) is 18.2. The van der Waals surface area contributed by atoms with Gasteiger partial charge in [0.25, 0.3) is 15.9 Å². The normalized spacial score (nSPS) is 10.9. The number of methoxy groups -OCH3 is 1. The maximum atomic E-state index is 12.6. The van der Waals surface area contributed by atoms with Gasteiger partial charge in [-0.1, -0.05) is 17.7 Å². The van der Waals surface area contributed by atoms with E-state index in [1.54, 1.807) is 24.3 Å². The van der Waals surface area contributed by atoms with Crippen LogP contribution >= 0.6 is 0 Å². The molecule has 0 spiro atoms. The van der Waals surface area contributed by atoms with Crippen LogP contribution in [0.5, 0.6) is 11.5 Å². The molecule has 3 aromatic carbocycles. The number of amides is 1. The minimum atomic E-state index is -3.76. The number of aryl methyl sites for hydroxylation is 2. The minimum Gasteiger partial charge on any atom is -0.497 e. The molecule has 0 radical (unpaired) electrons. The van der Waals surface area contributed by atoms with Crippen LogP contribution in [-0.4, -0.2) is 28.0 Å². The number of hydrogen-bond donors (Lipinski definition) is 2. The molecule has 0 saturated carbocycles. The summed E-state index contributed by atoms with van der Waals surface area (Å²) in [6.07, 6.45) is 0. The van der Waals surface area contributed by atoms with Crippen LogP contribution in [0.25, 0.3) is 0 Å². The van der Waals surface area contributed by atoms with Crippen molar-refractivity contribution < 1.29 is 22.7 Å². The SMILES string of the molecule is COc1ccc(NS(=O)(=O)c2ccc(NC(=O)COc3ccc(C)cc3C)cc2)cc1. The molecule has 3 aromatic rings. The molecule has 0 aromatic heterocycles. The van der Waals surface area contributed by atoms with E-state index in [9.17, 15) is 13.2 Å². The van der Waals surface area contributed by atoms with Gasteiger partial charge in [-0.05, 0) is 74.0 Å². The standard InChI is InChI=1S/C23H24N2O5S/c1-16-4-13-22(17(2)14-16)30-15-23(26)24-18-7-11-21(12-8-18)31(27,28)25-19-5-9-20(29-3)10-6-19/h4-14,25H,15H2,1-3H3,(H,24,26).